The molecule has 1 aromatic carbocycles. The van der Waals surface area contributed by atoms with Gasteiger partial charge in [-0.3, -0.25) is 0 Å². The van der Waals surface area contributed by atoms with E-state index in [0.717, 1.165) is 0 Å². The van der Waals surface area contributed by atoms with E-state index in [0.29, 0.717) is 5.56 Å². The monoisotopic (exact) mass is 216 g/mol. The Balaban J connectivity index is 3.03. The molecule has 0 fully saturated rings. The van der Waals surface area contributed by atoms with Crippen molar-refractivity contribution in [3.05, 3.63) is 35.1 Å². The van der Waals surface area contributed by atoms with Gasteiger partial charge in [0.15, 0.2) is 0 Å². The first-order valence-corrected chi connectivity index (χ1v) is 4.74. The molecule has 0 aliphatic rings. The molecule has 0 N–H and O–H groups in total. The second-order valence-electron chi connectivity index (χ2n) is 2.63. The number of carbonyl (C=O) groups excluding carboxylic acids is 1. The summed E-state index contributed by atoms with van der Waals surface area (Å²) in [5, 5.41) is 0. The third kappa shape index (κ3) is 2.23. The lowest BCUT2D eigenvalue weighted by Gasteiger charge is -2.05. The maximum absolute atomic E-state index is 13.5. The van der Waals surface area contributed by atoms with Gasteiger partial charge in [0.25, 0.3) is 0 Å². The van der Waals surface area contributed by atoms with Gasteiger partial charge >= 0.3 is 5.97 Å². The van der Waals surface area contributed by atoms with E-state index in [1.165, 1.54) is 12.1 Å². The fourth-order valence-corrected chi connectivity index (χ4v) is 1.26. The van der Waals surface area contributed by atoms with Crippen LogP contribution in [0.3, 0.4) is 0 Å². The van der Waals surface area contributed by atoms with Crippen LogP contribution in [-0.4, -0.2) is 12.6 Å². The van der Waals surface area contributed by atoms with Gasteiger partial charge < -0.3 is 4.74 Å². The molecule has 0 saturated heterocycles. The Labute approximate surface area is 86.6 Å². The second-order valence-corrected chi connectivity index (χ2v) is 2.90. The number of hydrogen-bond donors (Lipinski definition) is 0. The van der Waals surface area contributed by atoms with Gasteiger partial charge in [0.1, 0.15) is 5.82 Å². The SMILES string of the molecule is CCOC(=O)c1cccc(CCl)c1F. The van der Waals surface area contributed by atoms with E-state index in [9.17, 15) is 9.18 Å². The number of ether oxygens (including phenoxy) is 1. The first-order chi connectivity index (χ1) is 6.70. The minimum atomic E-state index is -0.656. The van der Waals surface area contributed by atoms with Crippen LogP contribution in [0.2, 0.25) is 0 Å². The lowest BCUT2D eigenvalue weighted by atomic mass is 10.1. The fraction of sp³-hybridized carbons (Fsp3) is 0.300. The normalized spacial score (nSPS) is 9.93. The van der Waals surface area contributed by atoms with E-state index in [-0.39, 0.29) is 18.1 Å². The third-order valence-electron chi connectivity index (χ3n) is 1.72. The smallest absolute Gasteiger partial charge is 0.341 e. The number of hydrogen-bond acceptors (Lipinski definition) is 2. The van der Waals surface area contributed by atoms with Crippen molar-refractivity contribution in [3.8, 4) is 0 Å². The van der Waals surface area contributed by atoms with Crippen LogP contribution >= 0.6 is 11.6 Å². The largest absolute Gasteiger partial charge is 0.462 e. The zero-order valence-corrected chi connectivity index (χ0v) is 8.47. The Morgan fingerprint density at radius 3 is 2.86 bits per heavy atom. The first-order valence-electron chi connectivity index (χ1n) is 4.21. The average Bonchev–Trinajstić information content (AvgIpc) is 2.18. The van der Waals surface area contributed by atoms with E-state index >= 15 is 0 Å². The van der Waals surface area contributed by atoms with Gasteiger partial charge in [0.2, 0.25) is 0 Å². The van der Waals surface area contributed by atoms with Crippen LogP contribution in [0.1, 0.15) is 22.8 Å². The zero-order chi connectivity index (χ0) is 10.6. The van der Waals surface area contributed by atoms with E-state index in [1.54, 1.807) is 13.0 Å². The van der Waals surface area contributed by atoms with Gasteiger partial charge in [-0.05, 0) is 13.0 Å². The van der Waals surface area contributed by atoms with Gasteiger partial charge in [-0.25, -0.2) is 9.18 Å². The number of rotatable bonds is 3. The summed E-state index contributed by atoms with van der Waals surface area (Å²) in [6.45, 7) is 1.89. The summed E-state index contributed by atoms with van der Waals surface area (Å²) in [5.41, 5.74) is 0.238. The summed E-state index contributed by atoms with van der Waals surface area (Å²) in [6.07, 6.45) is 0. The van der Waals surface area contributed by atoms with Gasteiger partial charge in [-0.15, -0.1) is 11.6 Å². The molecule has 0 spiro atoms. The summed E-state index contributed by atoms with van der Waals surface area (Å²) in [4.78, 5) is 11.2. The van der Waals surface area contributed by atoms with Crippen LogP contribution in [0.15, 0.2) is 18.2 Å². The van der Waals surface area contributed by atoms with Crippen molar-refractivity contribution in [2.24, 2.45) is 0 Å². The zero-order valence-electron chi connectivity index (χ0n) is 7.72. The molecule has 4 heteroatoms. The number of benzene rings is 1. The minimum absolute atomic E-state index is 0.0408. The van der Waals surface area contributed by atoms with Crippen molar-refractivity contribution in [1.29, 1.82) is 0 Å². The molecule has 0 aliphatic heterocycles. The topological polar surface area (TPSA) is 26.3 Å². The second kappa shape index (κ2) is 4.96. The van der Waals surface area contributed by atoms with Crippen LogP contribution in [0.5, 0.6) is 0 Å². The molecule has 0 radical (unpaired) electrons. The molecule has 14 heavy (non-hydrogen) atoms. The molecule has 1 rings (SSSR count). The Kier molecular flexibility index (Phi) is 3.89. The molecule has 1 aromatic rings. The highest BCUT2D eigenvalue weighted by Gasteiger charge is 2.14. The van der Waals surface area contributed by atoms with Gasteiger partial charge in [0.05, 0.1) is 18.1 Å². The highest BCUT2D eigenvalue weighted by atomic mass is 35.5. The molecule has 0 atom stereocenters. The highest BCUT2D eigenvalue weighted by Crippen LogP contribution is 2.15. The molecular weight excluding hydrogens is 207 g/mol. The molecule has 0 bridgehead atoms. The van der Waals surface area contributed by atoms with Crippen molar-refractivity contribution in [1.82, 2.24) is 0 Å². The Hall–Kier alpha value is -1.09. The highest BCUT2D eigenvalue weighted by molar-refractivity contribution is 6.17. The predicted octanol–water partition coefficient (Wildman–Crippen LogP) is 2.74. The lowest BCUT2D eigenvalue weighted by Crippen LogP contribution is -2.08. The average molecular weight is 217 g/mol. The Morgan fingerprint density at radius 1 is 1.57 bits per heavy atom. The lowest BCUT2D eigenvalue weighted by molar-refractivity contribution is 0.0521. The van der Waals surface area contributed by atoms with E-state index in [1.807, 2.05) is 0 Å². The summed E-state index contributed by atoms with van der Waals surface area (Å²) in [5.74, 6) is -1.21. The van der Waals surface area contributed by atoms with Gasteiger partial charge in [-0.2, -0.15) is 0 Å². The van der Waals surface area contributed by atoms with Crippen LogP contribution in [0, 0.1) is 5.82 Å². The maximum Gasteiger partial charge on any atom is 0.341 e. The van der Waals surface area contributed by atoms with E-state index < -0.39 is 11.8 Å². The summed E-state index contributed by atoms with van der Waals surface area (Å²) < 4.78 is 18.1. The Morgan fingerprint density at radius 2 is 2.29 bits per heavy atom. The van der Waals surface area contributed by atoms with Crippen LogP contribution < -0.4 is 0 Å². The number of alkyl halides is 1. The number of esters is 1. The van der Waals surface area contributed by atoms with E-state index in [2.05, 4.69) is 4.74 Å². The van der Waals surface area contributed by atoms with Gasteiger partial charge in [0, 0.05) is 5.56 Å². The van der Waals surface area contributed by atoms with Crippen molar-refractivity contribution in [2.75, 3.05) is 6.61 Å². The first kappa shape index (κ1) is 11.0. The van der Waals surface area contributed by atoms with Crippen LogP contribution in [0.25, 0.3) is 0 Å². The summed E-state index contributed by atoms with van der Waals surface area (Å²) in [6, 6.07) is 4.49. The molecular formula is C10H10ClFO2. The number of carbonyl (C=O) groups is 1. The summed E-state index contributed by atoms with van der Waals surface area (Å²) >= 11 is 5.49. The third-order valence-corrected chi connectivity index (χ3v) is 2.01. The Bertz CT molecular complexity index is 339. The van der Waals surface area contributed by atoms with Crippen molar-refractivity contribution in [2.45, 2.75) is 12.8 Å². The predicted molar refractivity (Wildman–Crippen MR) is 51.9 cm³/mol. The fourth-order valence-electron chi connectivity index (χ4n) is 1.05. The molecule has 0 saturated carbocycles. The van der Waals surface area contributed by atoms with Crippen LogP contribution in [0.4, 0.5) is 4.39 Å². The molecule has 76 valence electrons. The molecule has 0 unspecified atom stereocenters. The van der Waals surface area contributed by atoms with Crippen molar-refractivity contribution in [3.63, 3.8) is 0 Å². The molecule has 0 aromatic heterocycles. The maximum atomic E-state index is 13.5. The summed E-state index contributed by atoms with van der Waals surface area (Å²) in [7, 11) is 0. The van der Waals surface area contributed by atoms with E-state index in [4.69, 9.17) is 11.6 Å². The van der Waals surface area contributed by atoms with Gasteiger partial charge in [-0.1, -0.05) is 12.1 Å². The molecule has 0 aliphatic carbocycles. The number of halogens is 2. The van der Waals surface area contributed by atoms with Crippen molar-refractivity contribution < 1.29 is 13.9 Å². The van der Waals surface area contributed by atoms with Crippen molar-refractivity contribution >= 4 is 17.6 Å². The molecule has 0 amide bonds. The molecule has 2 nitrogen and oxygen atoms in total. The molecule has 0 heterocycles. The van der Waals surface area contributed by atoms with Crippen LogP contribution in [-0.2, 0) is 10.6 Å². The standard InChI is InChI=1S/C10H10ClFO2/c1-2-14-10(13)8-5-3-4-7(6-11)9(8)12/h3-5H,2,6H2,1H3. The quantitative estimate of drug-likeness (QED) is 0.574. The minimum Gasteiger partial charge on any atom is -0.462 e.